The summed E-state index contributed by atoms with van der Waals surface area (Å²) in [7, 11) is 0. The second kappa shape index (κ2) is 9.28. The van der Waals surface area contributed by atoms with Crippen LogP contribution in [0, 0.1) is 0 Å². The maximum Gasteiger partial charge on any atom is -0.0159 e. The summed E-state index contributed by atoms with van der Waals surface area (Å²) >= 11 is 0. The molecule has 118 valence electrons. The Balaban J connectivity index is 2.29. The Kier molecular flexibility index (Phi) is 7.33. The van der Waals surface area contributed by atoms with E-state index in [0.29, 0.717) is 0 Å². The minimum absolute atomic E-state index is 0.809. The Morgan fingerprint density at radius 1 is 0.714 bits per heavy atom. The van der Waals surface area contributed by atoms with Gasteiger partial charge in [0.15, 0.2) is 0 Å². The van der Waals surface area contributed by atoms with Crippen LogP contribution in [0.25, 0.3) is 0 Å². The summed E-state index contributed by atoms with van der Waals surface area (Å²) in [5, 5.41) is 0. The van der Waals surface area contributed by atoms with Gasteiger partial charge >= 0.3 is 0 Å². The number of hydrogen-bond donors (Lipinski definition) is 0. The third-order valence-electron chi connectivity index (χ3n) is 5.26. The van der Waals surface area contributed by atoms with Crippen molar-refractivity contribution >= 4 is 0 Å². The zero-order valence-electron chi connectivity index (χ0n) is 14.2. The van der Waals surface area contributed by atoms with Crippen LogP contribution in [0.3, 0.4) is 0 Å². The van der Waals surface area contributed by atoms with Crippen LogP contribution in [0.5, 0.6) is 0 Å². The number of benzene rings is 1. The van der Waals surface area contributed by atoms with E-state index in [2.05, 4.69) is 38.1 Å². The molecular formula is C21H34. The van der Waals surface area contributed by atoms with E-state index in [-0.39, 0.29) is 0 Å². The summed E-state index contributed by atoms with van der Waals surface area (Å²) in [6.07, 6.45) is 15.4. The van der Waals surface area contributed by atoms with E-state index in [1.165, 1.54) is 70.6 Å². The van der Waals surface area contributed by atoms with E-state index >= 15 is 0 Å². The molecule has 2 unspecified atom stereocenters. The summed E-state index contributed by atoms with van der Waals surface area (Å²) in [6.45, 7) is 4.69. The smallest absolute Gasteiger partial charge is 0.0159 e. The van der Waals surface area contributed by atoms with Crippen molar-refractivity contribution in [1.82, 2.24) is 0 Å². The lowest BCUT2D eigenvalue weighted by Crippen LogP contribution is -2.07. The maximum atomic E-state index is 2.44. The predicted octanol–water partition coefficient (Wildman–Crippen LogP) is 7.20. The molecule has 21 heavy (non-hydrogen) atoms. The fourth-order valence-electron chi connectivity index (χ4n) is 4.17. The molecule has 0 bridgehead atoms. The summed E-state index contributed by atoms with van der Waals surface area (Å²) < 4.78 is 0. The van der Waals surface area contributed by atoms with Crippen LogP contribution < -0.4 is 0 Å². The Bertz CT molecular complexity index is 356. The van der Waals surface area contributed by atoms with Crippen LogP contribution in [0.15, 0.2) is 24.3 Å². The van der Waals surface area contributed by atoms with Gasteiger partial charge in [0.2, 0.25) is 0 Å². The molecule has 0 aromatic heterocycles. The Labute approximate surface area is 132 Å². The molecule has 0 heterocycles. The molecule has 0 radical (unpaired) electrons. The zero-order chi connectivity index (χ0) is 14.9. The van der Waals surface area contributed by atoms with Gasteiger partial charge < -0.3 is 0 Å². The average molecular weight is 287 g/mol. The Morgan fingerprint density at radius 2 is 1.14 bits per heavy atom. The van der Waals surface area contributed by atoms with Crippen molar-refractivity contribution < 1.29 is 0 Å². The van der Waals surface area contributed by atoms with E-state index in [4.69, 9.17) is 0 Å². The molecule has 0 saturated heterocycles. The average Bonchev–Trinajstić information content (AvgIpc) is 2.54. The Morgan fingerprint density at radius 3 is 1.57 bits per heavy atom. The van der Waals surface area contributed by atoms with Crippen LogP contribution in [0.2, 0.25) is 0 Å². The summed E-state index contributed by atoms with van der Waals surface area (Å²) in [4.78, 5) is 0. The van der Waals surface area contributed by atoms with E-state index in [1.54, 1.807) is 11.1 Å². The molecule has 1 aromatic rings. The first-order valence-electron chi connectivity index (χ1n) is 9.45. The molecule has 1 aliphatic carbocycles. The fourth-order valence-corrected chi connectivity index (χ4v) is 4.17. The first-order valence-corrected chi connectivity index (χ1v) is 9.45. The SMILES string of the molecule is CCCC1CCCCCCCC(CCC)c2ccccc21. The maximum absolute atomic E-state index is 2.44. The minimum Gasteiger partial charge on any atom is -0.0654 e. The molecule has 2 atom stereocenters. The normalized spacial score (nSPS) is 24.1. The molecule has 2 rings (SSSR count). The second-order valence-corrected chi connectivity index (χ2v) is 6.95. The van der Waals surface area contributed by atoms with Gasteiger partial charge in [0.1, 0.15) is 0 Å². The molecule has 0 nitrogen and oxygen atoms in total. The van der Waals surface area contributed by atoms with Crippen molar-refractivity contribution in [2.45, 2.75) is 96.3 Å². The summed E-state index contributed by atoms with van der Waals surface area (Å²) in [6, 6.07) is 9.42. The third-order valence-corrected chi connectivity index (χ3v) is 5.26. The van der Waals surface area contributed by atoms with Gasteiger partial charge in [-0.3, -0.25) is 0 Å². The highest BCUT2D eigenvalue weighted by Gasteiger charge is 2.20. The Hall–Kier alpha value is -0.780. The zero-order valence-corrected chi connectivity index (χ0v) is 14.2. The highest BCUT2D eigenvalue weighted by atomic mass is 14.2. The first-order chi connectivity index (χ1) is 10.4. The van der Waals surface area contributed by atoms with Crippen LogP contribution in [0.1, 0.15) is 107 Å². The van der Waals surface area contributed by atoms with E-state index in [1.807, 2.05) is 0 Å². The number of fused-ring (bicyclic) bond motifs is 1. The molecule has 0 N–H and O–H groups in total. The van der Waals surface area contributed by atoms with Gasteiger partial charge in [0.25, 0.3) is 0 Å². The van der Waals surface area contributed by atoms with Crippen molar-refractivity contribution in [2.75, 3.05) is 0 Å². The molecule has 1 aromatic carbocycles. The molecule has 1 aliphatic rings. The molecule has 0 amide bonds. The number of hydrogen-bond acceptors (Lipinski definition) is 0. The van der Waals surface area contributed by atoms with Crippen molar-refractivity contribution in [2.24, 2.45) is 0 Å². The van der Waals surface area contributed by atoms with E-state index in [0.717, 1.165) is 11.8 Å². The quantitative estimate of drug-likeness (QED) is 0.549. The highest BCUT2D eigenvalue weighted by molar-refractivity contribution is 5.33. The second-order valence-electron chi connectivity index (χ2n) is 6.95. The van der Waals surface area contributed by atoms with Crippen molar-refractivity contribution in [3.8, 4) is 0 Å². The summed E-state index contributed by atoms with van der Waals surface area (Å²) in [5.41, 5.74) is 3.39. The van der Waals surface area contributed by atoms with Crippen LogP contribution in [0.4, 0.5) is 0 Å². The monoisotopic (exact) mass is 286 g/mol. The largest absolute Gasteiger partial charge is 0.0654 e. The molecule has 0 saturated carbocycles. The van der Waals surface area contributed by atoms with Gasteiger partial charge in [0.05, 0.1) is 0 Å². The molecule has 0 spiro atoms. The van der Waals surface area contributed by atoms with Crippen LogP contribution in [-0.4, -0.2) is 0 Å². The van der Waals surface area contributed by atoms with Gasteiger partial charge in [-0.15, -0.1) is 0 Å². The highest BCUT2D eigenvalue weighted by Crippen LogP contribution is 2.37. The van der Waals surface area contributed by atoms with Gasteiger partial charge in [-0.1, -0.05) is 83.1 Å². The molecule has 0 aliphatic heterocycles. The lowest BCUT2D eigenvalue weighted by molar-refractivity contribution is 0.513. The van der Waals surface area contributed by atoms with Gasteiger partial charge in [-0.2, -0.15) is 0 Å². The lowest BCUT2D eigenvalue weighted by Gasteiger charge is -2.25. The van der Waals surface area contributed by atoms with Crippen LogP contribution in [-0.2, 0) is 0 Å². The van der Waals surface area contributed by atoms with Gasteiger partial charge in [-0.25, -0.2) is 0 Å². The third kappa shape index (κ3) is 4.87. The van der Waals surface area contributed by atoms with Crippen LogP contribution >= 0.6 is 0 Å². The van der Waals surface area contributed by atoms with E-state index < -0.39 is 0 Å². The fraction of sp³-hybridized carbons (Fsp3) is 0.714. The van der Waals surface area contributed by atoms with Gasteiger partial charge in [0, 0.05) is 0 Å². The van der Waals surface area contributed by atoms with Crippen molar-refractivity contribution in [3.05, 3.63) is 35.4 Å². The van der Waals surface area contributed by atoms with Gasteiger partial charge in [-0.05, 0) is 48.6 Å². The summed E-state index contributed by atoms with van der Waals surface area (Å²) in [5.74, 6) is 1.62. The standard InChI is InChI=1S/C21H34/c1-3-12-18-14-8-6-5-7-9-15-19(13-4-2)21-17-11-10-16-20(18)21/h10-11,16-19H,3-9,12-15H2,1-2H3. The lowest BCUT2D eigenvalue weighted by atomic mass is 9.80. The minimum atomic E-state index is 0.809. The predicted molar refractivity (Wildman–Crippen MR) is 94.1 cm³/mol. The van der Waals surface area contributed by atoms with E-state index in [9.17, 15) is 0 Å². The molecular weight excluding hydrogens is 252 g/mol. The van der Waals surface area contributed by atoms with Crippen molar-refractivity contribution in [1.29, 1.82) is 0 Å². The molecule has 0 heteroatoms. The van der Waals surface area contributed by atoms with Crippen molar-refractivity contribution in [3.63, 3.8) is 0 Å². The topological polar surface area (TPSA) is 0 Å². The number of rotatable bonds is 4. The molecule has 0 fully saturated rings. The first kappa shape index (κ1) is 16.6.